The van der Waals surface area contributed by atoms with Crippen LogP contribution in [-0.4, -0.2) is 12.6 Å². The molecule has 0 fully saturated rings. The summed E-state index contributed by atoms with van der Waals surface area (Å²) in [6, 6.07) is 4.80. The summed E-state index contributed by atoms with van der Waals surface area (Å²) in [5.41, 5.74) is 0. The first-order valence-corrected chi connectivity index (χ1v) is 8.88. The highest BCUT2D eigenvalue weighted by Crippen LogP contribution is 2.26. The van der Waals surface area contributed by atoms with Crippen molar-refractivity contribution in [1.82, 2.24) is 5.32 Å². The molecule has 0 amide bonds. The summed E-state index contributed by atoms with van der Waals surface area (Å²) in [7, 11) is 0. The number of hydrogen-bond acceptors (Lipinski definition) is 2. The Labute approximate surface area is 127 Å². The van der Waals surface area contributed by atoms with Crippen molar-refractivity contribution in [2.24, 2.45) is 5.92 Å². The maximum absolute atomic E-state index is 6.04. The molecule has 0 spiro atoms. The molecular weight excluding hydrogens is 274 g/mol. The lowest BCUT2D eigenvalue weighted by Gasteiger charge is -2.27. The Kier molecular flexibility index (Phi) is 8.76. The van der Waals surface area contributed by atoms with E-state index in [0.29, 0.717) is 6.04 Å². The van der Waals surface area contributed by atoms with Crippen molar-refractivity contribution in [3.63, 3.8) is 0 Å². The van der Waals surface area contributed by atoms with Gasteiger partial charge < -0.3 is 5.32 Å². The fourth-order valence-corrected chi connectivity index (χ4v) is 3.72. The standard InChI is InChI=1S/C16H28ClNS/c1-4-7-8-13(6-3)15(18-11-5-2)12-14-9-10-16(17)19-14/h9-10,13,15,18H,4-8,11-12H2,1-3H3. The van der Waals surface area contributed by atoms with E-state index in [1.807, 2.05) is 6.07 Å². The van der Waals surface area contributed by atoms with E-state index in [4.69, 9.17) is 11.6 Å². The van der Waals surface area contributed by atoms with Gasteiger partial charge in [0.15, 0.2) is 0 Å². The van der Waals surface area contributed by atoms with Crippen LogP contribution in [0.2, 0.25) is 4.34 Å². The predicted molar refractivity (Wildman–Crippen MR) is 88.4 cm³/mol. The van der Waals surface area contributed by atoms with Crippen molar-refractivity contribution in [3.05, 3.63) is 21.3 Å². The molecular formula is C16H28ClNS. The first-order valence-electron chi connectivity index (χ1n) is 7.68. The van der Waals surface area contributed by atoms with Gasteiger partial charge in [-0.25, -0.2) is 0 Å². The molecule has 2 unspecified atom stereocenters. The van der Waals surface area contributed by atoms with E-state index in [9.17, 15) is 0 Å². The summed E-state index contributed by atoms with van der Waals surface area (Å²) in [5, 5.41) is 3.75. The zero-order valence-corrected chi connectivity index (χ0v) is 14.1. The molecule has 0 aliphatic rings. The molecule has 110 valence electrons. The fraction of sp³-hybridized carbons (Fsp3) is 0.750. The van der Waals surface area contributed by atoms with Gasteiger partial charge in [-0.3, -0.25) is 0 Å². The molecule has 2 atom stereocenters. The van der Waals surface area contributed by atoms with Gasteiger partial charge in [0.25, 0.3) is 0 Å². The van der Waals surface area contributed by atoms with Gasteiger partial charge in [0.05, 0.1) is 4.34 Å². The lowest BCUT2D eigenvalue weighted by atomic mass is 9.89. The van der Waals surface area contributed by atoms with Crippen LogP contribution in [0.5, 0.6) is 0 Å². The van der Waals surface area contributed by atoms with Gasteiger partial charge in [0.2, 0.25) is 0 Å². The SMILES string of the molecule is CCCCC(CC)C(Cc1ccc(Cl)s1)NCCC. The highest BCUT2D eigenvalue weighted by molar-refractivity contribution is 7.16. The van der Waals surface area contributed by atoms with Crippen molar-refractivity contribution in [2.45, 2.75) is 65.3 Å². The van der Waals surface area contributed by atoms with E-state index in [1.165, 1.54) is 37.0 Å². The summed E-state index contributed by atoms with van der Waals surface area (Å²) in [4.78, 5) is 1.41. The van der Waals surface area contributed by atoms with Crippen molar-refractivity contribution in [1.29, 1.82) is 0 Å². The second-order valence-electron chi connectivity index (χ2n) is 5.28. The molecule has 1 rings (SSSR count). The van der Waals surface area contributed by atoms with Crippen molar-refractivity contribution in [3.8, 4) is 0 Å². The first-order chi connectivity index (χ1) is 9.21. The summed E-state index contributed by atoms with van der Waals surface area (Å²) < 4.78 is 0.908. The maximum Gasteiger partial charge on any atom is 0.0931 e. The second kappa shape index (κ2) is 9.79. The molecule has 1 heterocycles. The Morgan fingerprint density at radius 2 is 2.00 bits per heavy atom. The number of rotatable bonds is 10. The van der Waals surface area contributed by atoms with E-state index in [-0.39, 0.29) is 0 Å². The van der Waals surface area contributed by atoms with Crippen LogP contribution in [0.15, 0.2) is 12.1 Å². The number of halogens is 1. The Morgan fingerprint density at radius 3 is 2.53 bits per heavy atom. The van der Waals surface area contributed by atoms with E-state index in [2.05, 4.69) is 32.2 Å². The van der Waals surface area contributed by atoms with Gasteiger partial charge in [-0.05, 0) is 43.9 Å². The minimum Gasteiger partial charge on any atom is -0.313 e. The maximum atomic E-state index is 6.04. The molecule has 0 aromatic carbocycles. The molecule has 0 bridgehead atoms. The minimum absolute atomic E-state index is 0.603. The quantitative estimate of drug-likeness (QED) is 0.599. The number of nitrogens with one attached hydrogen (secondary N) is 1. The third-order valence-electron chi connectivity index (χ3n) is 3.73. The fourth-order valence-electron chi connectivity index (χ4n) is 2.57. The molecule has 19 heavy (non-hydrogen) atoms. The van der Waals surface area contributed by atoms with Crippen LogP contribution >= 0.6 is 22.9 Å². The average Bonchev–Trinajstić information content (AvgIpc) is 2.81. The van der Waals surface area contributed by atoms with Crippen LogP contribution < -0.4 is 5.32 Å². The lowest BCUT2D eigenvalue weighted by molar-refractivity contribution is 0.317. The topological polar surface area (TPSA) is 12.0 Å². The van der Waals surface area contributed by atoms with Gasteiger partial charge in [0, 0.05) is 10.9 Å². The number of hydrogen-bond donors (Lipinski definition) is 1. The molecule has 0 aliphatic heterocycles. The van der Waals surface area contributed by atoms with Crippen LogP contribution in [0.1, 0.15) is 57.8 Å². The van der Waals surface area contributed by atoms with Gasteiger partial charge in [0.1, 0.15) is 0 Å². The van der Waals surface area contributed by atoms with E-state index >= 15 is 0 Å². The van der Waals surface area contributed by atoms with E-state index in [0.717, 1.165) is 23.2 Å². The van der Waals surface area contributed by atoms with Gasteiger partial charge in [-0.15, -0.1) is 11.3 Å². The zero-order chi connectivity index (χ0) is 14.1. The third-order valence-corrected chi connectivity index (χ3v) is 4.98. The van der Waals surface area contributed by atoms with Crippen LogP contribution in [0.4, 0.5) is 0 Å². The summed E-state index contributed by atoms with van der Waals surface area (Å²) >= 11 is 7.77. The number of thiophene rings is 1. The largest absolute Gasteiger partial charge is 0.313 e. The van der Waals surface area contributed by atoms with E-state index in [1.54, 1.807) is 11.3 Å². The average molecular weight is 302 g/mol. The molecule has 0 radical (unpaired) electrons. The summed E-state index contributed by atoms with van der Waals surface area (Å²) in [6.07, 6.45) is 7.56. The van der Waals surface area contributed by atoms with Gasteiger partial charge in [-0.2, -0.15) is 0 Å². The van der Waals surface area contributed by atoms with Gasteiger partial charge >= 0.3 is 0 Å². The Bertz CT molecular complexity index is 337. The normalized spacial score (nSPS) is 14.5. The molecule has 1 aromatic heterocycles. The summed E-state index contributed by atoms with van der Waals surface area (Å²) in [5.74, 6) is 0.785. The monoisotopic (exact) mass is 301 g/mol. The lowest BCUT2D eigenvalue weighted by Crippen LogP contribution is -2.38. The van der Waals surface area contributed by atoms with Crippen LogP contribution in [-0.2, 0) is 6.42 Å². The Hall–Kier alpha value is -0.0500. The highest BCUT2D eigenvalue weighted by Gasteiger charge is 2.20. The van der Waals surface area contributed by atoms with Gasteiger partial charge in [-0.1, -0.05) is 51.6 Å². The Morgan fingerprint density at radius 1 is 1.21 bits per heavy atom. The molecule has 1 N–H and O–H groups in total. The summed E-state index contributed by atoms with van der Waals surface area (Å²) in [6.45, 7) is 7.95. The molecule has 0 aliphatic carbocycles. The smallest absolute Gasteiger partial charge is 0.0931 e. The van der Waals surface area contributed by atoms with Crippen molar-refractivity contribution in [2.75, 3.05) is 6.54 Å². The second-order valence-corrected chi connectivity index (χ2v) is 7.08. The molecule has 0 saturated heterocycles. The Balaban J connectivity index is 2.62. The highest BCUT2D eigenvalue weighted by atomic mass is 35.5. The van der Waals surface area contributed by atoms with Crippen LogP contribution in [0, 0.1) is 5.92 Å². The van der Waals surface area contributed by atoms with Crippen molar-refractivity contribution >= 4 is 22.9 Å². The minimum atomic E-state index is 0.603. The van der Waals surface area contributed by atoms with Crippen molar-refractivity contribution < 1.29 is 0 Å². The molecule has 0 saturated carbocycles. The zero-order valence-electron chi connectivity index (χ0n) is 12.5. The predicted octanol–water partition coefficient (Wildman–Crippen LogP) is 5.53. The molecule has 3 heteroatoms. The molecule has 1 aromatic rings. The number of unbranched alkanes of at least 4 members (excludes halogenated alkanes) is 1. The third kappa shape index (κ3) is 6.29. The van der Waals surface area contributed by atoms with Crippen LogP contribution in [0.25, 0.3) is 0 Å². The van der Waals surface area contributed by atoms with Crippen LogP contribution in [0.3, 0.4) is 0 Å². The first kappa shape index (κ1) is 17.0. The van der Waals surface area contributed by atoms with E-state index < -0.39 is 0 Å². The molecule has 1 nitrogen and oxygen atoms in total.